The number of halogens is 1. The normalized spacial score (nSPS) is 10.5. The van der Waals surface area contributed by atoms with Crippen LogP contribution in [0.2, 0.25) is 0 Å². The Labute approximate surface area is 190 Å². The molecule has 3 aromatic carbocycles. The highest BCUT2D eigenvalue weighted by Crippen LogP contribution is 2.39. The number of anilines is 1. The van der Waals surface area contributed by atoms with Crippen molar-refractivity contribution in [3.8, 4) is 34.1 Å². The Balaban J connectivity index is 1.70. The van der Waals surface area contributed by atoms with Gasteiger partial charge in [-0.2, -0.15) is 5.26 Å². The maximum atomic E-state index is 9.81. The van der Waals surface area contributed by atoms with Gasteiger partial charge in [-0.15, -0.1) is 0 Å². The molecule has 4 rings (SSSR count). The molecular formula is C26H20BrN3O. The van der Waals surface area contributed by atoms with E-state index in [-0.39, 0.29) is 5.82 Å². The van der Waals surface area contributed by atoms with Gasteiger partial charge in [0.2, 0.25) is 0 Å². The van der Waals surface area contributed by atoms with E-state index >= 15 is 0 Å². The summed E-state index contributed by atoms with van der Waals surface area (Å²) in [6.07, 6.45) is 0. The number of benzene rings is 3. The van der Waals surface area contributed by atoms with Gasteiger partial charge in [0.15, 0.2) is 0 Å². The van der Waals surface area contributed by atoms with Crippen molar-refractivity contribution in [2.75, 3.05) is 5.73 Å². The van der Waals surface area contributed by atoms with Crippen LogP contribution in [0.3, 0.4) is 0 Å². The molecule has 0 aliphatic heterocycles. The number of nitrogens with two attached hydrogens (primary N) is 1. The second-order valence-corrected chi connectivity index (χ2v) is 8.04. The Morgan fingerprint density at radius 3 is 2.19 bits per heavy atom. The van der Waals surface area contributed by atoms with E-state index in [9.17, 15) is 5.26 Å². The third-order valence-electron chi connectivity index (χ3n) is 5.04. The van der Waals surface area contributed by atoms with E-state index in [1.807, 2.05) is 85.8 Å². The molecule has 2 N–H and O–H groups in total. The zero-order valence-electron chi connectivity index (χ0n) is 17.0. The number of hydrogen-bond acceptors (Lipinski definition) is 4. The van der Waals surface area contributed by atoms with E-state index in [1.54, 1.807) is 0 Å². The smallest absolute Gasteiger partial charge is 0.142 e. The van der Waals surface area contributed by atoms with Gasteiger partial charge >= 0.3 is 0 Å². The van der Waals surface area contributed by atoms with Gasteiger partial charge in [0.05, 0.1) is 0 Å². The van der Waals surface area contributed by atoms with Crippen LogP contribution in [0.1, 0.15) is 16.8 Å². The molecule has 0 bridgehead atoms. The largest absolute Gasteiger partial charge is 0.489 e. The summed E-state index contributed by atoms with van der Waals surface area (Å²) in [7, 11) is 0. The lowest BCUT2D eigenvalue weighted by Crippen LogP contribution is -2.03. The Hall–Kier alpha value is -3.62. The molecular weight excluding hydrogens is 450 g/mol. The van der Waals surface area contributed by atoms with Crippen molar-refractivity contribution in [3.05, 3.63) is 100 Å². The van der Waals surface area contributed by atoms with Gasteiger partial charge in [-0.05, 0) is 47.9 Å². The zero-order chi connectivity index (χ0) is 21.8. The fourth-order valence-electron chi connectivity index (χ4n) is 3.55. The summed E-state index contributed by atoms with van der Waals surface area (Å²) in [5, 5.41) is 9.81. The Morgan fingerprint density at radius 2 is 1.55 bits per heavy atom. The van der Waals surface area contributed by atoms with Gasteiger partial charge in [0.25, 0.3) is 0 Å². The highest BCUT2D eigenvalue weighted by atomic mass is 79.9. The predicted molar refractivity (Wildman–Crippen MR) is 127 cm³/mol. The van der Waals surface area contributed by atoms with Crippen LogP contribution in [0.4, 0.5) is 5.82 Å². The number of aromatic nitrogens is 1. The Morgan fingerprint density at radius 1 is 0.903 bits per heavy atom. The highest BCUT2D eigenvalue weighted by Gasteiger charge is 2.19. The van der Waals surface area contributed by atoms with Crippen molar-refractivity contribution in [2.45, 2.75) is 13.5 Å². The maximum absolute atomic E-state index is 9.81. The zero-order valence-corrected chi connectivity index (χ0v) is 18.6. The molecule has 4 aromatic rings. The summed E-state index contributed by atoms with van der Waals surface area (Å²) in [6, 6.07) is 27.9. The highest BCUT2D eigenvalue weighted by molar-refractivity contribution is 9.10. The maximum Gasteiger partial charge on any atom is 0.142 e. The molecule has 1 heterocycles. The average molecular weight is 470 g/mol. The van der Waals surface area contributed by atoms with Crippen molar-refractivity contribution >= 4 is 21.7 Å². The van der Waals surface area contributed by atoms with Crippen LogP contribution in [0, 0.1) is 18.3 Å². The molecule has 0 amide bonds. The van der Waals surface area contributed by atoms with Gasteiger partial charge in [0, 0.05) is 21.3 Å². The molecule has 5 heteroatoms. The van der Waals surface area contributed by atoms with Crippen molar-refractivity contribution in [3.63, 3.8) is 0 Å². The van der Waals surface area contributed by atoms with Gasteiger partial charge in [-0.25, -0.2) is 4.98 Å². The number of rotatable bonds is 5. The molecule has 0 saturated carbocycles. The number of nitriles is 1. The predicted octanol–water partition coefficient (Wildman–Crippen LogP) is 6.52. The summed E-state index contributed by atoms with van der Waals surface area (Å²) >= 11 is 3.44. The van der Waals surface area contributed by atoms with Crippen molar-refractivity contribution in [1.82, 2.24) is 4.98 Å². The monoisotopic (exact) mass is 469 g/mol. The number of pyridine rings is 1. The van der Waals surface area contributed by atoms with Crippen LogP contribution >= 0.6 is 15.9 Å². The molecule has 0 saturated heterocycles. The standard InChI is InChI=1S/C26H20BrN3O/c1-17-24(19-5-3-2-4-6-19)25(23(15-28)26(29)30-17)20-9-13-22(14-10-20)31-16-18-7-11-21(27)12-8-18/h2-14H,16H2,1H3,(H2,29,30). The number of ether oxygens (including phenoxy) is 1. The Bertz CT molecular complexity index is 1250. The van der Waals surface area contributed by atoms with E-state index in [4.69, 9.17) is 10.5 Å². The summed E-state index contributed by atoms with van der Waals surface area (Å²) in [4.78, 5) is 4.42. The quantitative estimate of drug-likeness (QED) is 0.361. The van der Waals surface area contributed by atoms with Gasteiger partial charge in [0.1, 0.15) is 29.8 Å². The van der Waals surface area contributed by atoms with Crippen LogP contribution in [0.5, 0.6) is 5.75 Å². The molecule has 0 aliphatic carbocycles. The van der Waals surface area contributed by atoms with Crippen molar-refractivity contribution < 1.29 is 4.74 Å². The molecule has 0 radical (unpaired) electrons. The van der Waals surface area contributed by atoms with Gasteiger partial charge in [-0.3, -0.25) is 0 Å². The Kier molecular flexibility index (Phi) is 6.01. The van der Waals surface area contributed by atoms with Crippen LogP contribution in [0.25, 0.3) is 22.3 Å². The van der Waals surface area contributed by atoms with Crippen LogP contribution < -0.4 is 10.5 Å². The summed E-state index contributed by atoms with van der Waals surface area (Å²) in [5.41, 5.74) is 12.0. The number of nitrogens with zero attached hydrogens (tertiary/aromatic N) is 2. The molecule has 152 valence electrons. The lowest BCUT2D eigenvalue weighted by atomic mass is 9.90. The fourth-order valence-corrected chi connectivity index (χ4v) is 3.82. The average Bonchev–Trinajstić information content (AvgIpc) is 2.79. The minimum Gasteiger partial charge on any atom is -0.489 e. The first-order valence-electron chi connectivity index (χ1n) is 9.80. The summed E-state index contributed by atoms with van der Waals surface area (Å²) in [6.45, 7) is 2.39. The third-order valence-corrected chi connectivity index (χ3v) is 5.57. The molecule has 0 aliphatic rings. The second kappa shape index (κ2) is 9.03. The molecule has 0 spiro atoms. The van der Waals surface area contributed by atoms with Gasteiger partial charge in [-0.1, -0.05) is 70.5 Å². The minimum absolute atomic E-state index is 0.241. The summed E-state index contributed by atoms with van der Waals surface area (Å²) < 4.78 is 6.96. The second-order valence-electron chi connectivity index (χ2n) is 7.12. The minimum atomic E-state index is 0.241. The topological polar surface area (TPSA) is 71.9 Å². The van der Waals surface area contributed by atoms with E-state index in [2.05, 4.69) is 27.0 Å². The fraction of sp³-hybridized carbons (Fsp3) is 0.0769. The lowest BCUT2D eigenvalue weighted by Gasteiger charge is -2.16. The van der Waals surface area contributed by atoms with E-state index in [0.717, 1.165) is 43.7 Å². The number of nitrogen functional groups attached to an aromatic ring is 1. The van der Waals surface area contributed by atoms with E-state index in [0.29, 0.717) is 12.2 Å². The van der Waals surface area contributed by atoms with Crippen molar-refractivity contribution in [2.24, 2.45) is 0 Å². The molecule has 31 heavy (non-hydrogen) atoms. The van der Waals surface area contributed by atoms with E-state index < -0.39 is 0 Å². The SMILES string of the molecule is Cc1nc(N)c(C#N)c(-c2ccc(OCc3ccc(Br)cc3)cc2)c1-c1ccccc1. The molecule has 0 atom stereocenters. The lowest BCUT2D eigenvalue weighted by molar-refractivity contribution is 0.306. The van der Waals surface area contributed by atoms with Crippen LogP contribution in [0.15, 0.2) is 83.3 Å². The first kappa shape index (κ1) is 20.6. The molecule has 0 fully saturated rings. The van der Waals surface area contributed by atoms with E-state index in [1.165, 1.54) is 0 Å². The van der Waals surface area contributed by atoms with Crippen molar-refractivity contribution in [1.29, 1.82) is 5.26 Å². The van der Waals surface area contributed by atoms with Gasteiger partial charge < -0.3 is 10.5 Å². The number of aryl methyl sites for hydroxylation is 1. The third kappa shape index (κ3) is 4.45. The number of hydrogen-bond donors (Lipinski definition) is 1. The molecule has 1 aromatic heterocycles. The van der Waals surface area contributed by atoms with Crippen LogP contribution in [-0.2, 0) is 6.61 Å². The summed E-state index contributed by atoms with van der Waals surface area (Å²) in [5.74, 6) is 0.996. The van der Waals surface area contributed by atoms with Crippen LogP contribution in [-0.4, -0.2) is 4.98 Å². The first-order chi connectivity index (χ1) is 15.1. The first-order valence-corrected chi connectivity index (χ1v) is 10.6. The molecule has 4 nitrogen and oxygen atoms in total. The molecule has 0 unspecified atom stereocenters.